The zero-order valence-corrected chi connectivity index (χ0v) is 23.1. The number of hydrogen-bond acceptors (Lipinski definition) is 7. The number of sulfonamides is 1. The van der Waals surface area contributed by atoms with E-state index in [0.717, 1.165) is 38.4 Å². The van der Waals surface area contributed by atoms with Crippen LogP contribution in [-0.2, 0) is 32.6 Å². The molecule has 0 aromatic heterocycles. The second-order valence-corrected chi connectivity index (χ2v) is 11.7. The molecule has 1 saturated heterocycles. The molecule has 0 unspecified atom stereocenters. The second-order valence-electron chi connectivity index (χ2n) is 9.35. The van der Waals surface area contributed by atoms with Crippen molar-refractivity contribution < 1.29 is 27.4 Å². The van der Waals surface area contributed by atoms with Crippen molar-refractivity contribution in [2.45, 2.75) is 24.1 Å². The minimum absolute atomic E-state index is 0.0625. The maximum absolute atomic E-state index is 13.6. The molecule has 0 radical (unpaired) electrons. The number of anilines is 1. The number of rotatable bonds is 8. The summed E-state index contributed by atoms with van der Waals surface area (Å²) in [6.07, 6.45) is -1.05. The number of fused-ring (bicyclic) bond motifs is 1. The van der Waals surface area contributed by atoms with E-state index in [9.17, 15) is 13.2 Å². The third-order valence-electron chi connectivity index (χ3n) is 6.73. The average molecular weight is 572 g/mol. The Morgan fingerprint density at radius 3 is 2.41 bits per heavy atom. The predicted octanol–water partition coefficient (Wildman–Crippen LogP) is 3.45. The van der Waals surface area contributed by atoms with Gasteiger partial charge in [-0.15, -0.1) is 0 Å². The molecular formula is C28H30ClN3O6S. The summed E-state index contributed by atoms with van der Waals surface area (Å²) < 4.78 is 44.9. The fourth-order valence-electron chi connectivity index (χ4n) is 4.55. The maximum atomic E-state index is 13.6. The van der Waals surface area contributed by atoms with Crippen molar-refractivity contribution >= 4 is 33.2 Å². The van der Waals surface area contributed by atoms with Crippen molar-refractivity contribution in [2.75, 3.05) is 44.3 Å². The first-order chi connectivity index (χ1) is 18.8. The van der Waals surface area contributed by atoms with Gasteiger partial charge in [-0.2, -0.15) is 0 Å². The molecule has 11 heteroatoms. The van der Waals surface area contributed by atoms with E-state index in [1.807, 2.05) is 12.1 Å². The molecule has 0 aliphatic carbocycles. The summed E-state index contributed by atoms with van der Waals surface area (Å²) in [6.45, 7) is 4.28. The second kappa shape index (κ2) is 11.8. The zero-order chi connectivity index (χ0) is 27.4. The van der Waals surface area contributed by atoms with Crippen molar-refractivity contribution in [3.8, 4) is 11.5 Å². The molecular weight excluding hydrogens is 542 g/mol. The minimum atomic E-state index is -4.02. The molecule has 5 rings (SSSR count). The zero-order valence-electron chi connectivity index (χ0n) is 21.5. The molecule has 9 nitrogen and oxygen atoms in total. The van der Waals surface area contributed by atoms with Gasteiger partial charge >= 0.3 is 0 Å². The Hall–Kier alpha value is -3.31. The highest BCUT2D eigenvalue weighted by Crippen LogP contribution is 2.39. The molecule has 2 aliphatic heterocycles. The number of hydrogen-bond donors (Lipinski definition) is 1. The Labute approximate surface area is 233 Å². The molecule has 2 aliphatic rings. The monoisotopic (exact) mass is 571 g/mol. The van der Waals surface area contributed by atoms with E-state index >= 15 is 0 Å². The topological polar surface area (TPSA) is 97.4 Å². The number of benzene rings is 3. The van der Waals surface area contributed by atoms with Gasteiger partial charge in [-0.25, -0.2) is 8.42 Å². The molecule has 3 aromatic carbocycles. The molecule has 1 fully saturated rings. The quantitative estimate of drug-likeness (QED) is 0.442. The summed E-state index contributed by atoms with van der Waals surface area (Å²) in [7, 11) is -2.51. The smallest absolute Gasteiger partial charge is 0.264 e. The van der Waals surface area contributed by atoms with Crippen molar-refractivity contribution in [2.24, 2.45) is 0 Å². The third kappa shape index (κ3) is 6.30. The molecule has 39 heavy (non-hydrogen) atoms. The Morgan fingerprint density at radius 2 is 1.72 bits per heavy atom. The van der Waals surface area contributed by atoms with Crippen LogP contribution in [0.4, 0.5) is 5.69 Å². The molecule has 0 spiro atoms. The van der Waals surface area contributed by atoms with E-state index in [1.165, 1.54) is 35.2 Å². The summed E-state index contributed by atoms with van der Waals surface area (Å²) >= 11 is 6.18. The fraction of sp³-hybridized carbons (Fsp3) is 0.321. The number of nitrogens with zero attached hydrogens (tertiary/aromatic N) is 2. The summed E-state index contributed by atoms with van der Waals surface area (Å²) in [5, 5.41) is 3.24. The minimum Gasteiger partial charge on any atom is -0.497 e. The molecule has 0 saturated carbocycles. The number of carbonyl (C=O) groups is 1. The maximum Gasteiger partial charge on any atom is 0.264 e. The lowest BCUT2D eigenvalue weighted by Crippen LogP contribution is -2.50. The van der Waals surface area contributed by atoms with Crippen LogP contribution in [0.3, 0.4) is 0 Å². The molecule has 1 atom stereocenters. The van der Waals surface area contributed by atoms with Crippen molar-refractivity contribution in [1.29, 1.82) is 0 Å². The molecule has 1 N–H and O–H groups in total. The number of amides is 1. The van der Waals surface area contributed by atoms with Crippen LogP contribution in [0.5, 0.6) is 11.5 Å². The van der Waals surface area contributed by atoms with Gasteiger partial charge in [0.15, 0.2) is 6.10 Å². The van der Waals surface area contributed by atoms with Crippen LogP contribution in [0.1, 0.15) is 11.1 Å². The number of halogens is 1. The van der Waals surface area contributed by atoms with E-state index in [1.54, 1.807) is 24.3 Å². The molecule has 3 aromatic rings. The number of ether oxygens (including phenoxy) is 3. The largest absolute Gasteiger partial charge is 0.497 e. The van der Waals surface area contributed by atoms with Gasteiger partial charge in [0.25, 0.3) is 15.9 Å². The third-order valence-corrected chi connectivity index (χ3v) is 8.76. The van der Waals surface area contributed by atoms with Crippen LogP contribution in [0.15, 0.2) is 71.6 Å². The molecule has 206 valence electrons. The standard InChI is InChI=1S/C28H30ClN3O6S/c1-36-23-7-9-24(10-8-23)39(34,35)32-19-27(38-26-11-6-22(29)16-25(26)32)28(33)30-17-20-2-4-21(5-3-20)18-31-12-14-37-15-13-31/h2-11,16,27H,12-15,17-19H2,1H3,(H,30,33)/t27-/m1/s1. The van der Waals surface area contributed by atoms with Gasteiger partial charge in [0.1, 0.15) is 11.5 Å². The number of morpholine rings is 1. The van der Waals surface area contributed by atoms with Crippen LogP contribution in [0.2, 0.25) is 5.02 Å². The summed E-state index contributed by atoms with van der Waals surface area (Å²) in [5.41, 5.74) is 2.40. The summed E-state index contributed by atoms with van der Waals surface area (Å²) in [4.78, 5) is 15.6. The van der Waals surface area contributed by atoms with Gasteiger partial charge in [-0.1, -0.05) is 35.9 Å². The van der Waals surface area contributed by atoms with E-state index in [4.69, 9.17) is 25.8 Å². The summed E-state index contributed by atoms with van der Waals surface area (Å²) in [5.74, 6) is 0.379. The Bertz CT molecular complexity index is 1410. The van der Waals surface area contributed by atoms with E-state index in [0.29, 0.717) is 10.8 Å². The van der Waals surface area contributed by atoms with Crippen LogP contribution in [-0.4, -0.2) is 65.3 Å². The van der Waals surface area contributed by atoms with Crippen molar-refractivity contribution in [1.82, 2.24) is 10.2 Å². The lowest BCUT2D eigenvalue weighted by Gasteiger charge is -2.35. The fourth-order valence-corrected chi connectivity index (χ4v) is 6.18. The number of carbonyl (C=O) groups excluding carboxylic acids is 1. The van der Waals surface area contributed by atoms with Crippen LogP contribution in [0, 0.1) is 0 Å². The molecule has 1 amide bonds. The normalized spacial score (nSPS) is 17.7. The highest BCUT2D eigenvalue weighted by Gasteiger charge is 2.37. The van der Waals surface area contributed by atoms with Crippen LogP contribution < -0.4 is 19.1 Å². The number of nitrogens with one attached hydrogen (secondary N) is 1. The first kappa shape index (κ1) is 27.3. The Balaban J connectivity index is 1.28. The van der Waals surface area contributed by atoms with Crippen molar-refractivity contribution in [3.05, 3.63) is 82.9 Å². The van der Waals surface area contributed by atoms with Crippen LogP contribution in [0.25, 0.3) is 0 Å². The first-order valence-corrected chi connectivity index (χ1v) is 14.4. The van der Waals surface area contributed by atoms with Gasteiger partial charge in [0.05, 0.1) is 37.5 Å². The van der Waals surface area contributed by atoms with E-state index in [-0.39, 0.29) is 29.4 Å². The lowest BCUT2D eigenvalue weighted by atomic mass is 10.1. The Kier molecular flexibility index (Phi) is 8.27. The number of methoxy groups -OCH3 is 1. The average Bonchev–Trinajstić information content (AvgIpc) is 2.96. The van der Waals surface area contributed by atoms with Crippen molar-refractivity contribution in [3.63, 3.8) is 0 Å². The highest BCUT2D eigenvalue weighted by molar-refractivity contribution is 7.92. The summed E-state index contributed by atoms with van der Waals surface area (Å²) in [6, 6.07) is 18.8. The molecule has 2 heterocycles. The van der Waals surface area contributed by atoms with Gasteiger partial charge in [0.2, 0.25) is 0 Å². The Morgan fingerprint density at radius 1 is 1.03 bits per heavy atom. The van der Waals surface area contributed by atoms with Gasteiger partial charge in [-0.05, 0) is 53.6 Å². The highest BCUT2D eigenvalue weighted by atomic mass is 35.5. The predicted molar refractivity (Wildman–Crippen MR) is 148 cm³/mol. The van der Waals surface area contributed by atoms with E-state index in [2.05, 4.69) is 22.3 Å². The van der Waals surface area contributed by atoms with Gasteiger partial charge < -0.3 is 19.5 Å². The van der Waals surface area contributed by atoms with Gasteiger partial charge in [-0.3, -0.25) is 14.0 Å². The first-order valence-electron chi connectivity index (χ1n) is 12.6. The molecule has 0 bridgehead atoms. The van der Waals surface area contributed by atoms with Gasteiger partial charge in [0, 0.05) is 31.2 Å². The SMILES string of the molecule is COc1ccc(S(=O)(=O)N2C[C@H](C(=O)NCc3ccc(CN4CCOCC4)cc3)Oc3ccc(Cl)cc32)cc1. The van der Waals surface area contributed by atoms with Crippen LogP contribution >= 0.6 is 11.6 Å². The van der Waals surface area contributed by atoms with E-state index < -0.39 is 22.0 Å². The lowest BCUT2D eigenvalue weighted by molar-refractivity contribution is -0.127.